The number of aryl methyl sites for hydroxylation is 1. The maximum Gasteiger partial charge on any atom is 0.303 e. The number of aromatic nitrogens is 3. The molecule has 0 unspecified atom stereocenters. The summed E-state index contributed by atoms with van der Waals surface area (Å²) in [5.41, 5.74) is 2.14. The number of carbonyl (C=O) groups excluding carboxylic acids is 1. The molecule has 0 saturated heterocycles. The lowest BCUT2D eigenvalue weighted by Gasteiger charge is -2.17. The van der Waals surface area contributed by atoms with Gasteiger partial charge in [0, 0.05) is 49.7 Å². The molecule has 2 heterocycles. The zero-order valence-corrected chi connectivity index (χ0v) is 14.8. The van der Waals surface area contributed by atoms with Crippen LogP contribution in [0.2, 0.25) is 0 Å². The summed E-state index contributed by atoms with van der Waals surface area (Å²) >= 11 is 0. The summed E-state index contributed by atoms with van der Waals surface area (Å²) in [4.78, 5) is 27.5. The van der Waals surface area contributed by atoms with E-state index < -0.39 is 5.97 Å². The number of rotatable bonds is 8. The molecule has 134 valence electrons. The van der Waals surface area contributed by atoms with Crippen molar-refractivity contribution in [2.24, 2.45) is 18.9 Å². The fraction of sp³-hybridized carbons (Fsp3) is 0.444. The van der Waals surface area contributed by atoms with Gasteiger partial charge in [-0.25, -0.2) is 0 Å². The van der Waals surface area contributed by atoms with Crippen LogP contribution in [0, 0.1) is 11.8 Å². The molecule has 2 rings (SSSR count). The van der Waals surface area contributed by atoms with Gasteiger partial charge in [0.1, 0.15) is 0 Å². The van der Waals surface area contributed by atoms with Crippen molar-refractivity contribution >= 4 is 11.9 Å². The summed E-state index contributed by atoms with van der Waals surface area (Å²) < 4.78 is 1.69. The van der Waals surface area contributed by atoms with E-state index in [-0.39, 0.29) is 18.2 Å². The molecule has 0 radical (unpaired) electrons. The Kier molecular flexibility index (Phi) is 6.27. The van der Waals surface area contributed by atoms with Crippen LogP contribution in [0.3, 0.4) is 0 Å². The second kappa shape index (κ2) is 8.41. The summed E-state index contributed by atoms with van der Waals surface area (Å²) in [6, 6.07) is 1.76. The maximum atomic E-state index is 12.4. The summed E-state index contributed by atoms with van der Waals surface area (Å²) in [7, 11) is 1.82. The van der Waals surface area contributed by atoms with Gasteiger partial charge in [-0.2, -0.15) is 5.10 Å². The zero-order valence-electron chi connectivity index (χ0n) is 14.8. The van der Waals surface area contributed by atoms with Gasteiger partial charge in [-0.3, -0.25) is 19.3 Å². The molecule has 0 spiro atoms. The molecule has 0 aliphatic carbocycles. The van der Waals surface area contributed by atoms with E-state index in [1.165, 1.54) is 6.20 Å². The lowest BCUT2D eigenvalue weighted by Crippen LogP contribution is -2.31. The lowest BCUT2D eigenvalue weighted by atomic mass is 9.94. The standard InChI is InChI=1S/C18H24N4O3/c1-12(2)4-13(5-17(23)24)7-20-18(25)15-6-14(8-19-9-15)16-10-21-22(3)11-16/h6,8-13H,4-5,7H2,1-3H3,(H,20,25)(H,23,24)/t13-/m0/s1. The fourth-order valence-electron chi connectivity index (χ4n) is 2.78. The Morgan fingerprint density at radius 3 is 2.60 bits per heavy atom. The third-order valence-corrected chi connectivity index (χ3v) is 3.86. The molecule has 1 atom stereocenters. The second-order valence-electron chi connectivity index (χ2n) is 6.67. The number of carboxylic acid groups (broad SMARTS) is 1. The van der Waals surface area contributed by atoms with Crippen LogP contribution in [0.5, 0.6) is 0 Å². The van der Waals surface area contributed by atoms with Crippen LogP contribution in [0.25, 0.3) is 11.1 Å². The highest BCUT2D eigenvalue weighted by molar-refractivity contribution is 5.95. The van der Waals surface area contributed by atoms with Gasteiger partial charge in [0.2, 0.25) is 0 Å². The van der Waals surface area contributed by atoms with Crippen molar-refractivity contribution in [3.05, 3.63) is 36.4 Å². The Morgan fingerprint density at radius 1 is 1.24 bits per heavy atom. The number of amides is 1. The first-order chi connectivity index (χ1) is 11.8. The van der Waals surface area contributed by atoms with Crippen LogP contribution in [-0.2, 0) is 11.8 Å². The largest absolute Gasteiger partial charge is 0.481 e. The summed E-state index contributed by atoms with van der Waals surface area (Å²) in [5, 5.41) is 16.0. The van der Waals surface area contributed by atoms with Gasteiger partial charge < -0.3 is 10.4 Å². The SMILES string of the molecule is CC(C)C[C@H](CNC(=O)c1cncc(-c2cnn(C)c2)c1)CC(=O)O. The third kappa shape index (κ3) is 5.70. The number of carbonyl (C=O) groups is 2. The van der Waals surface area contributed by atoms with Crippen LogP contribution in [0.1, 0.15) is 37.0 Å². The first-order valence-electron chi connectivity index (χ1n) is 8.29. The zero-order chi connectivity index (χ0) is 18.4. The molecule has 7 heteroatoms. The van der Waals surface area contributed by atoms with E-state index in [1.54, 1.807) is 23.1 Å². The molecule has 2 aromatic rings. The van der Waals surface area contributed by atoms with Crippen LogP contribution in [0.4, 0.5) is 0 Å². The predicted molar refractivity (Wildman–Crippen MR) is 94.0 cm³/mol. The monoisotopic (exact) mass is 344 g/mol. The van der Waals surface area contributed by atoms with Crippen LogP contribution in [0.15, 0.2) is 30.9 Å². The minimum atomic E-state index is -0.847. The Balaban J connectivity index is 2.03. The minimum Gasteiger partial charge on any atom is -0.481 e. The third-order valence-electron chi connectivity index (χ3n) is 3.86. The Morgan fingerprint density at radius 2 is 2.00 bits per heavy atom. The van der Waals surface area contributed by atoms with Crippen molar-refractivity contribution in [3.8, 4) is 11.1 Å². The first kappa shape index (κ1) is 18.6. The van der Waals surface area contributed by atoms with Crippen molar-refractivity contribution in [3.63, 3.8) is 0 Å². The van der Waals surface area contributed by atoms with Crippen molar-refractivity contribution in [1.82, 2.24) is 20.1 Å². The van der Waals surface area contributed by atoms with Crippen LogP contribution >= 0.6 is 0 Å². The van der Waals surface area contributed by atoms with Gasteiger partial charge in [0.05, 0.1) is 11.8 Å². The van der Waals surface area contributed by atoms with Gasteiger partial charge >= 0.3 is 5.97 Å². The number of nitrogens with one attached hydrogen (secondary N) is 1. The first-order valence-corrected chi connectivity index (χ1v) is 8.29. The van der Waals surface area contributed by atoms with Crippen molar-refractivity contribution < 1.29 is 14.7 Å². The summed E-state index contributed by atoms with van der Waals surface area (Å²) in [6.07, 6.45) is 7.55. The van der Waals surface area contributed by atoms with E-state index in [1.807, 2.05) is 27.1 Å². The molecule has 0 aliphatic heterocycles. The number of hydrogen-bond acceptors (Lipinski definition) is 4. The van der Waals surface area contributed by atoms with Gasteiger partial charge in [-0.1, -0.05) is 13.8 Å². The minimum absolute atomic E-state index is 0.0481. The molecule has 2 aromatic heterocycles. The Bertz CT molecular complexity index is 739. The van der Waals surface area contributed by atoms with Gasteiger partial charge in [-0.15, -0.1) is 0 Å². The van der Waals surface area contributed by atoms with E-state index in [2.05, 4.69) is 15.4 Å². The second-order valence-corrected chi connectivity index (χ2v) is 6.67. The predicted octanol–water partition coefficient (Wildman–Crippen LogP) is 2.35. The van der Waals surface area contributed by atoms with E-state index in [4.69, 9.17) is 5.11 Å². The van der Waals surface area contributed by atoms with Crippen molar-refractivity contribution in [2.75, 3.05) is 6.54 Å². The van der Waals surface area contributed by atoms with Gasteiger partial charge in [0.25, 0.3) is 5.91 Å². The normalized spacial score (nSPS) is 12.2. The molecule has 25 heavy (non-hydrogen) atoms. The summed E-state index contributed by atoms with van der Waals surface area (Å²) in [6.45, 7) is 4.41. The van der Waals surface area contributed by atoms with Crippen LogP contribution in [-0.4, -0.2) is 38.3 Å². The molecular formula is C18H24N4O3. The van der Waals surface area contributed by atoms with E-state index in [0.29, 0.717) is 18.0 Å². The number of pyridine rings is 1. The average molecular weight is 344 g/mol. The highest BCUT2D eigenvalue weighted by Crippen LogP contribution is 2.19. The highest BCUT2D eigenvalue weighted by Gasteiger charge is 2.17. The summed E-state index contributed by atoms with van der Waals surface area (Å²) in [5.74, 6) is -0.815. The number of nitrogens with zero attached hydrogens (tertiary/aromatic N) is 3. The molecular weight excluding hydrogens is 320 g/mol. The Hall–Kier alpha value is -2.70. The fourth-order valence-corrected chi connectivity index (χ4v) is 2.78. The number of hydrogen-bond donors (Lipinski definition) is 2. The maximum absolute atomic E-state index is 12.4. The van der Waals surface area contributed by atoms with Crippen LogP contribution < -0.4 is 5.32 Å². The molecule has 0 fully saturated rings. The molecule has 7 nitrogen and oxygen atoms in total. The van der Waals surface area contributed by atoms with E-state index in [0.717, 1.165) is 17.5 Å². The molecule has 0 aliphatic rings. The van der Waals surface area contributed by atoms with Crippen molar-refractivity contribution in [2.45, 2.75) is 26.7 Å². The van der Waals surface area contributed by atoms with Gasteiger partial charge in [-0.05, 0) is 24.3 Å². The number of carboxylic acids is 1. The molecule has 0 saturated carbocycles. The molecule has 0 aromatic carbocycles. The van der Waals surface area contributed by atoms with E-state index >= 15 is 0 Å². The molecule has 0 bridgehead atoms. The highest BCUT2D eigenvalue weighted by atomic mass is 16.4. The van der Waals surface area contributed by atoms with E-state index in [9.17, 15) is 9.59 Å². The van der Waals surface area contributed by atoms with Gasteiger partial charge in [0.15, 0.2) is 0 Å². The Labute approximate surface area is 147 Å². The molecule has 2 N–H and O–H groups in total. The smallest absolute Gasteiger partial charge is 0.303 e. The topological polar surface area (TPSA) is 97.1 Å². The number of aliphatic carboxylic acids is 1. The lowest BCUT2D eigenvalue weighted by molar-refractivity contribution is -0.138. The average Bonchev–Trinajstić information content (AvgIpc) is 2.98. The molecule has 1 amide bonds. The quantitative estimate of drug-likeness (QED) is 0.766. The van der Waals surface area contributed by atoms with Crippen molar-refractivity contribution in [1.29, 1.82) is 0 Å².